The molecule has 11 heteroatoms. The van der Waals surface area contributed by atoms with Crippen molar-refractivity contribution in [2.45, 2.75) is 76.1 Å². The number of carbonyl (C=O) groups excluding carboxylic acids is 2. The highest BCUT2D eigenvalue weighted by atomic mass is 35.5. The van der Waals surface area contributed by atoms with Gasteiger partial charge in [-0.3, -0.25) is 9.59 Å². The Balaban J connectivity index is 1.81. The van der Waals surface area contributed by atoms with Gasteiger partial charge in [-0.05, 0) is 62.4 Å². The molecule has 0 saturated heterocycles. The minimum atomic E-state index is -3.55. The summed E-state index contributed by atoms with van der Waals surface area (Å²) in [5.74, 6) is -1.28. The van der Waals surface area contributed by atoms with Crippen molar-refractivity contribution in [1.29, 1.82) is 0 Å². The van der Waals surface area contributed by atoms with E-state index in [1.807, 2.05) is 19.9 Å². The lowest BCUT2D eigenvalue weighted by atomic mass is 9.76. The van der Waals surface area contributed by atoms with Crippen LogP contribution in [0.15, 0.2) is 42.5 Å². The van der Waals surface area contributed by atoms with Gasteiger partial charge in [-0.1, -0.05) is 60.3 Å². The fraction of sp³-hybridized carbons (Fsp3) is 0.517. The van der Waals surface area contributed by atoms with Crippen LogP contribution < -0.4 is 10.0 Å². The number of amides is 2. The summed E-state index contributed by atoms with van der Waals surface area (Å²) in [6.45, 7) is 4.83. The van der Waals surface area contributed by atoms with Crippen LogP contribution in [0.2, 0.25) is 10.0 Å². The van der Waals surface area contributed by atoms with E-state index in [1.54, 1.807) is 41.3 Å². The summed E-state index contributed by atoms with van der Waals surface area (Å²) in [6.07, 6.45) is 4.68. The Kier molecular flexibility index (Phi) is 10.2. The molecule has 0 radical (unpaired) electrons. The topological polar surface area (TPSA) is 105 Å². The molecule has 0 aromatic heterocycles. The molecule has 1 unspecified atom stereocenters. The zero-order valence-electron chi connectivity index (χ0n) is 23.0. The molecule has 4 atom stereocenters. The number of hydrogen-bond acceptors (Lipinski definition) is 5. The van der Waals surface area contributed by atoms with Crippen molar-refractivity contribution in [2.75, 3.05) is 19.4 Å². The van der Waals surface area contributed by atoms with Crippen molar-refractivity contribution in [3.63, 3.8) is 0 Å². The Morgan fingerprint density at radius 1 is 1.10 bits per heavy atom. The number of carbonyl (C=O) groups is 2. The van der Waals surface area contributed by atoms with Crippen molar-refractivity contribution in [3.05, 3.63) is 69.2 Å². The second-order valence-electron chi connectivity index (χ2n) is 10.8. The second-order valence-corrected chi connectivity index (χ2v) is 13.4. The average molecular weight is 611 g/mol. The van der Waals surface area contributed by atoms with Crippen molar-refractivity contribution in [3.8, 4) is 0 Å². The first-order chi connectivity index (χ1) is 19.0. The summed E-state index contributed by atoms with van der Waals surface area (Å²) in [5, 5.41) is 3.82. The standard InChI is InChI=1S/C29H37Cl2N3O5S/c1-18(2)39-16-8-15-32-28(35)26-20-9-4-5-10-21(20)29(36)34(27(26)22-14-13-19(30)17-23(22)31)25-12-7-6-11-24(25)33-40(3,37)38/h4-5,9-10,13-14,17-18,24-27,33H,6-8,11-12,15-16H2,1-3H3,(H,32,35)/t24?,25-,26+,27-/m0/s1. The first kappa shape index (κ1) is 30.8. The zero-order chi connectivity index (χ0) is 29.0. The van der Waals surface area contributed by atoms with Gasteiger partial charge in [0.2, 0.25) is 15.9 Å². The van der Waals surface area contributed by atoms with Crippen LogP contribution in [0.25, 0.3) is 0 Å². The molecule has 2 aromatic carbocycles. The van der Waals surface area contributed by atoms with Crippen molar-refractivity contribution in [1.82, 2.24) is 14.9 Å². The van der Waals surface area contributed by atoms with Crippen LogP contribution in [-0.4, -0.2) is 62.7 Å². The highest BCUT2D eigenvalue weighted by Crippen LogP contribution is 2.47. The third kappa shape index (κ3) is 7.18. The summed E-state index contributed by atoms with van der Waals surface area (Å²) in [5.41, 5.74) is 1.62. The minimum Gasteiger partial charge on any atom is -0.379 e. The number of sulfonamides is 1. The lowest BCUT2D eigenvalue weighted by molar-refractivity contribution is -0.124. The van der Waals surface area contributed by atoms with Crippen LogP contribution >= 0.6 is 23.2 Å². The molecule has 218 valence electrons. The molecule has 8 nitrogen and oxygen atoms in total. The van der Waals surface area contributed by atoms with Crippen molar-refractivity contribution in [2.24, 2.45) is 0 Å². The molecule has 40 heavy (non-hydrogen) atoms. The summed E-state index contributed by atoms with van der Waals surface area (Å²) in [4.78, 5) is 29.9. The van der Waals surface area contributed by atoms with Crippen molar-refractivity contribution < 1.29 is 22.7 Å². The molecule has 4 rings (SSSR count). The molecular formula is C29H37Cl2N3O5S. The van der Waals surface area contributed by atoms with Gasteiger partial charge >= 0.3 is 0 Å². The van der Waals surface area contributed by atoms with E-state index in [1.165, 1.54) is 0 Å². The average Bonchev–Trinajstić information content (AvgIpc) is 2.88. The van der Waals surface area contributed by atoms with E-state index >= 15 is 0 Å². The predicted molar refractivity (Wildman–Crippen MR) is 157 cm³/mol. The van der Waals surface area contributed by atoms with Gasteiger partial charge in [-0.2, -0.15) is 0 Å². The predicted octanol–water partition coefficient (Wildman–Crippen LogP) is 5.07. The highest BCUT2D eigenvalue weighted by Gasteiger charge is 2.49. The van der Waals surface area contributed by atoms with E-state index < -0.39 is 34.1 Å². The largest absolute Gasteiger partial charge is 0.379 e. The van der Waals surface area contributed by atoms with E-state index in [4.69, 9.17) is 27.9 Å². The molecular weight excluding hydrogens is 573 g/mol. The lowest BCUT2D eigenvalue weighted by Gasteiger charge is -2.49. The number of ether oxygens (including phenoxy) is 1. The lowest BCUT2D eigenvalue weighted by Crippen LogP contribution is -2.59. The van der Waals surface area contributed by atoms with Gasteiger partial charge in [0, 0.05) is 40.8 Å². The van der Waals surface area contributed by atoms with Crippen LogP contribution in [-0.2, 0) is 19.6 Å². The molecule has 1 aliphatic carbocycles. The minimum absolute atomic E-state index is 0.0981. The van der Waals surface area contributed by atoms with Gasteiger partial charge < -0.3 is 15.0 Å². The molecule has 1 aliphatic heterocycles. The molecule has 1 fully saturated rings. The molecule has 1 saturated carbocycles. The van der Waals surface area contributed by atoms with Gasteiger partial charge in [-0.25, -0.2) is 13.1 Å². The Morgan fingerprint density at radius 3 is 2.52 bits per heavy atom. The SMILES string of the molecule is CC(C)OCCCNC(=O)[C@@H]1c2ccccc2C(=O)N([C@H]2CCCCC2NS(C)(=O)=O)[C@H]1c1ccc(Cl)cc1Cl. The second kappa shape index (κ2) is 13.2. The van der Waals surface area contributed by atoms with Crippen LogP contribution in [0.5, 0.6) is 0 Å². The van der Waals surface area contributed by atoms with Gasteiger partial charge in [-0.15, -0.1) is 0 Å². The number of hydrogen-bond donors (Lipinski definition) is 2. The Hall–Kier alpha value is -2.17. The van der Waals surface area contributed by atoms with E-state index in [-0.39, 0.29) is 17.9 Å². The number of rotatable bonds is 10. The third-order valence-corrected chi connectivity index (χ3v) is 8.76. The Labute approximate surface area is 246 Å². The third-order valence-electron chi connectivity index (χ3n) is 7.46. The molecule has 2 aliphatic rings. The normalized spacial score (nSPS) is 23.2. The number of benzene rings is 2. The summed E-state index contributed by atoms with van der Waals surface area (Å²) in [7, 11) is -3.55. The molecule has 2 amide bonds. The fourth-order valence-corrected chi connectivity index (χ4v) is 7.19. The Bertz CT molecular complexity index is 1340. The van der Waals surface area contributed by atoms with Gasteiger partial charge in [0.25, 0.3) is 5.91 Å². The first-order valence-corrected chi connectivity index (χ1v) is 16.4. The number of nitrogens with one attached hydrogen (secondary N) is 2. The maximum atomic E-state index is 14.3. The summed E-state index contributed by atoms with van der Waals surface area (Å²) in [6, 6.07) is 10.4. The molecule has 0 spiro atoms. The summed E-state index contributed by atoms with van der Waals surface area (Å²) < 4.78 is 33.0. The van der Waals surface area contributed by atoms with Crippen LogP contribution in [0.3, 0.4) is 0 Å². The fourth-order valence-electron chi connectivity index (χ4n) is 5.84. The molecule has 2 N–H and O–H groups in total. The van der Waals surface area contributed by atoms with Gasteiger partial charge in [0.15, 0.2) is 0 Å². The van der Waals surface area contributed by atoms with E-state index in [0.29, 0.717) is 59.1 Å². The maximum Gasteiger partial charge on any atom is 0.255 e. The van der Waals surface area contributed by atoms with E-state index in [2.05, 4.69) is 10.0 Å². The number of nitrogens with zero attached hydrogens (tertiary/aromatic N) is 1. The highest BCUT2D eigenvalue weighted by molar-refractivity contribution is 7.88. The monoisotopic (exact) mass is 609 g/mol. The van der Waals surface area contributed by atoms with Crippen molar-refractivity contribution >= 4 is 45.0 Å². The van der Waals surface area contributed by atoms with Crippen LogP contribution in [0, 0.1) is 0 Å². The zero-order valence-corrected chi connectivity index (χ0v) is 25.4. The first-order valence-electron chi connectivity index (χ1n) is 13.7. The Morgan fingerprint density at radius 2 is 1.82 bits per heavy atom. The molecule has 0 bridgehead atoms. The number of halogens is 2. The number of fused-ring (bicyclic) bond motifs is 1. The van der Waals surface area contributed by atoms with Gasteiger partial charge in [0.1, 0.15) is 0 Å². The molecule has 2 aromatic rings. The maximum absolute atomic E-state index is 14.3. The van der Waals surface area contributed by atoms with Crippen LogP contribution in [0.1, 0.15) is 79.4 Å². The summed E-state index contributed by atoms with van der Waals surface area (Å²) >= 11 is 13.0. The smallest absolute Gasteiger partial charge is 0.255 e. The van der Waals surface area contributed by atoms with E-state index in [0.717, 1.165) is 19.1 Å². The quantitative estimate of drug-likeness (QED) is 0.366. The van der Waals surface area contributed by atoms with Gasteiger partial charge in [0.05, 0.1) is 24.3 Å². The molecule has 1 heterocycles. The van der Waals surface area contributed by atoms with Crippen LogP contribution in [0.4, 0.5) is 0 Å². The van der Waals surface area contributed by atoms with E-state index in [9.17, 15) is 18.0 Å².